The SMILES string of the molecule is [B]c1c([B])c([B])c2c(c1[B])c1c([B])c([B])c([B])c([B])c1n2-c1ccc2c(c1)N(c1cc(-c3ccccc3)cc(-c3ccccc3)c1)c1cc(-c3cc4c5c(c3-c3ccccc3-c3ccccc3)Oc3ccccc3B5c3ccccc3O4)cc3c1B2c1ccc(-n2c4ccc(C(C)(C)C)cc4c4cc(C(C)(C)C)ccc42)cc1S3. The molecule has 0 amide bonds. The third-order valence-corrected chi connectivity index (χ3v) is 25.3. The van der Waals surface area contributed by atoms with E-state index in [2.05, 4.69) is 324 Å². The molecule has 4 aliphatic heterocycles. The van der Waals surface area contributed by atoms with E-state index in [1.165, 1.54) is 21.9 Å². The summed E-state index contributed by atoms with van der Waals surface area (Å²) in [5, 5.41) is 3.33. The number of ether oxygens (including phenoxy) is 2. The summed E-state index contributed by atoms with van der Waals surface area (Å²) in [7, 11) is 56.6. The van der Waals surface area contributed by atoms with Gasteiger partial charge in [-0.05, 0) is 202 Å². The number of aromatic nitrogens is 2. The Hall–Kier alpha value is -11.7. The number of benzene rings is 15. The predicted molar refractivity (Wildman–Crippen MR) is 490 cm³/mol. The summed E-state index contributed by atoms with van der Waals surface area (Å²) >= 11 is 1.81. The molecule has 2 aromatic heterocycles. The molecule has 0 N–H and O–H groups in total. The van der Waals surface area contributed by atoms with Crippen molar-refractivity contribution in [2.45, 2.75) is 62.2 Å². The summed E-state index contributed by atoms with van der Waals surface area (Å²) in [5.74, 6) is 3.03. The summed E-state index contributed by atoms with van der Waals surface area (Å²) in [5.41, 5.74) is 27.6. The van der Waals surface area contributed by atoms with Crippen LogP contribution in [0.5, 0.6) is 23.0 Å². The van der Waals surface area contributed by atoms with Gasteiger partial charge in [-0.15, -0.1) is 21.9 Å². The summed E-state index contributed by atoms with van der Waals surface area (Å²) in [6, 6.07) is 99.4. The van der Waals surface area contributed by atoms with E-state index in [1.807, 2.05) is 16.3 Å². The molecule has 15 aromatic carbocycles. The summed E-state index contributed by atoms with van der Waals surface area (Å²) in [6.45, 7) is 13.2. The Morgan fingerprint density at radius 1 is 0.316 bits per heavy atom. The van der Waals surface area contributed by atoms with Gasteiger partial charge in [0.15, 0.2) is 0 Å². The number of rotatable bonds is 8. The maximum absolute atomic E-state index is 7.63. The first kappa shape index (κ1) is 70.2. The average molecular weight is 1450 g/mol. The van der Waals surface area contributed by atoms with Gasteiger partial charge in [0.05, 0.1) is 11.0 Å². The van der Waals surface area contributed by atoms with Crippen LogP contribution in [-0.2, 0) is 10.8 Å². The van der Waals surface area contributed by atoms with Crippen molar-refractivity contribution in [2.24, 2.45) is 0 Å². The number of fused-ring (bicyclic) bond motifs is 14. The Kier molecular flexibility index (Phi) is 16.0. The van der Waals surface area contributed by atoms with Crippen molar-refractivity contribution in [3.8, 4) is 90.0 Å². The third-order valence-electron chi connectivity index (χ3n) is 24.2. The Balaban J connectivity index is 0.901. The van der Waals surface area contributed by atoms with Gasteiger partial charge < -0.3 is 23.5 Å². The van der Waals surface area contributed by atoms with Crippen LogP contribution >= 0.6 is 11.8 Å². The van der Waals surface area contributed by atoms with Crippen molar-refractivity contribution in [1.29, 1.82) is 0 Å². The highest BCUT2D eigenvalue weighted by molar-refractivity contribution is 8.00. The molecule has 21 rings (SSSR count). The Morgan fingerprint density at radius 3 is 1.38 bits per heavy atom. The van der Waals surface area contributed by atoms with Crippen LogP contribution in [0.1, 0.15) is 52.7 Å². The summed E-state index contributed by atoms with van der Waals surface area (Å²) in [4.78, 5) is 4.64. The van der Waals surface area contributed by atoms with E-state index in [1.54, 1.807) is 0 Å². The van der Waals surface area contributed by atoms with Gasteiger partial charge in [-0.3, -0.25) is 0 Å². The van der Waals surface area contributed by atoms with Gasteiger partial charge in [0.2, 0.25) is 6.71 Å². The van der Waals surface area contributed by atoms with Crippen molar-refractivity contribution in [3.05, 3.63) is 284 Å². The molecule has 0 spiro atoms. The molecule has 0 saturated carbocycles. The number of hydrogen-bond donors (Lipinski definition) is 0. The third kappa shape index (κ3) is 10.6. The van der Waals surface area contributed by atoms with Gasteiger partial charge in [0, 0.05) is 71.1 Å². The normalized spacial score (nSPS) is 13.2. The molecule has 518 valence electrons. The molecule has 17 aromatic rings. The molecule has 4 aliphatic rings. The van der Waals surface area contributed by atoms with Crippen LogP contribution in [0.4, 0.5) is 17.1 Å². The van der Waals surface area contributed by atoms with Crippen molar-refractivity contribution >= 4 is 225 Å². The molecular formula is C98H63B10N3O2S. The Labute approximate surface area is 680 Å². The van der Waals surface area contributed by atoms with E-state index < -0.39 is 0 Å². The molecule has 114 heavy (non-hydrogen) atoms. The Bertz CT molecular complexity index is 6830. The maximum atomic E-state index is 7.63. The molecule has 0 saturated heterocycles. The standard InChI is InChI=1S/C98H63B10N3O2S/c1-97(2,3)58-34-40-72-66(47-58)67-48-59(98(4,5)6)35-41-73(67)109(72)61-37-39-71-79(50-61)114-80-46-57(65-51-78-93-96(81(65)64-29-17-16-28-63(64)54-26-14-9-15-27-54)113-77-33-21-19-31-70(77)108(93)69-30-18-20-32-76(69)112-78)45-75-92(80)107(71)68-38-36-60(111-94-82(84(99)86(101)88(103)90(94)105)83-85(100)87(102)89(104)91(106)95(83)111)49-74(68)110(75)62-43-55(52-22-10-7-11-23-52)42-56(44-62)53-24-12-8-13-25-53/h7-51H,1-6H3. The maximum Gasteiger partial charge on any atom is 0.260 e. The molecule has 5 nitrogen and oxygen atoms in total. The van der Waals surface area contributed by atoms with Crippen LogP contribution in [-0.4, -0.2) is 85.3 Å². The minimum Gasteiger partial charge on any atom is -0.458 e. The van der Waals surface area contributed by atoms with Gasteiger partial charge in [-0.1, -0.05) is 257 Å². The Morgan fingerprint density at radius 2 is 0.807 bits per heavy atom. The number of hydrogen-bond acceptors (Lipinski definition) is 4. The van der Waals surface area contributed by atoms with Crippen LogP contribution < -0.4 is 90.9 Å². The first-order valence-electron chi connectivity index (χ1n) is 38.7. The highest BCUT2D eigenvalue weighted by Gasteiger charge is 2.46. The fourth-order valence-electron chi connectivity index (χ4n) is 18.5. The molecule has 0 atom stereocenters. The molecule has 0 unspecified atom stereocenters. The fourth-order valence-corrected chi connectivity index (χ4v) is 19.7. The van der Waals surface area contributed by atoms with E-state index in [0.29, 0.717) is 33.2 Å². The first-order chi connectivity index (χ1) is 55.1. The zero-order chi connectivity index (χ0) is 77.8. The van der Waals surface area contributed by atoms with E-state index >= 15 is 0 Å². The highest BCUT2D eigenvalue weighted by atomic mass is 32.2. The second-order valence-corrected chi connectivity index (χ2v) is 33.9. The minimum absolute atomic E-state index is 0.0852. The second kappa shape index (κ2) is 25.9. The number of anilines is 3. The highest BCUT2D eigenvalue weighted by Crippen LogP contribution is 2.53. The van der Waals surface area contributed by atoms with E-state index in [0.717, 1.165) is 149 Å². The molecular weight excluding hydrogens is 1390 g/mol. The monoisotopic (exact) mass is 1460 g/mol. The molecule has 16 radical (unpaired) electrons. The van der Waals surface area contributed by atoms with Crippen molar-refractivity contribution in [3.63, 3.8) is 0 Å². The lowest BCUT2D eigenvalue weighted by Crippen LogP contribution is -2.59. The quantitative estimate of drug-likeness (QED) is 0.142. The molecule has 0 bridgehead atoms. The zero-order valence-corrected chi connectivity index (χ0v) is 64.6. The van der Waals surface area contributed by atoms with Crippen LogP contribution in [0, 0.1) is 0 Å². The van der Waals surface area contributed by atoms with Gasteiger partial charge in [0.1, 0.15) is 85.8 Å². The molecule has 16 heteroatoms. The predicted octanol–water partition coefficient (Wildman–Crippen LogP) is 12.7. The summed E-state index contributed by atoms with van der Waals surface area (Å²) in [6.07, 6.45) is 0. The molecule has 0 aliphatic carbocycles. The van der Waals surface area contributed by atoms with E-state index in [9.17, 15) is 0 Å². The first-order valence-corrected chi connectivity index (χ1v) is 39.5. The number of para-hydroxylation sites is 2. The van der Waals surface area contributed by atoms with Crippen molar-refractivity contribution in [2.75, 3.05) is 4.90 Å². The lowest BCUT2D eigenvalue weighted by atomic mass is 9.34. The average Bonchev–Trinajstić information content (AvgIpc) is 0.904. The van der Waals surface area contributed by atoms with E-state index in [-0.39, 0.29) is 68.0 Å². The van der Waals surface area contributed by atoms with Gasteiger partial charge >= 0.3 is 0 Å². The van der Waals surface area contributed by atoms with Crippen molar-refractivity contribution < 1.29 is 9.47 Å². The van der Waals surface area contributed by atoms with Crippen LogP contribution in [0.25, 0.3) is 111 Å². The van der Waals surface area contributed by atoms with Gasteiger partial charge in [-0.25, -0.2) is 0 Å². The summed E-state index contributed by atoms with van der Waals surface area (Å²) < 4.78 is 19.4. The topological polar surface area (TPSA) is 31.6 Å². The minimum atomic E-state index is -0.365. The van der Waals surface area contributed by atoms with Gasteiger partial charge in [0.25, 0.3) is 6.71 Å². The van der Waals surface area contributed by atoms with Crippen molar-refractivity contribution in [1.82, 2.24) is 9.13 Å². The smallest absolute Gasteiger partial charge is 0.260 e. The number of nitrogens with zero attached hydrogens (tertiary/aromatic N) is 3. The second-order valence-electron chi connectivity index (χ2n) is 32.8. The van der Waals surface area contributed by atoms with Crippen LogP contribution in [0.3, 0.4) is 0 Å². The van der Waals surface area contributed by atoms with Crippen LogP contribution in [0.15, 0.2) is 283 Å². The van der Waals surface area contributed by atoms with Crippen LogP contribution in [0.2, 0.25) is 0 Å². The molecule has 6 heterocycles. The fraction of sp³-hybridized carbons (Fsp3) is 0.0816. The largest absolute Gasteiger partial charge is 0.458 e. The van der Waals surface area contributed by atoms with E-state index in [4.69, 9.17) is 72.2 Å². The lowest BCUT2D eigenvalue weighted by Gasteiger charge is -2.41. The lowest BCUT2D eigenvalue weighted by molar-refractivity contribution is 0.466. The van der Waals surface area contributed by atoms with Gasteiger partial charge in [-0.2, -0.15) is 0 Å². The zero-order valence-electron chi connectivity index (χ0n) is 63.8. The molecule has 0 fully saturated rings.